The van der Waals surface area contributed by atoms with E-state index in [1.165, 1.54) is 0 Å². The van der Waals surface area contributed by atoms with Crippen LogP contribution in [0.2, 0.25) is 0 Å². The minimum atomic E-state index is -5.95. The molecule has 0 rings (SSSR count). The van der Waals surface area contributed by atoms with E-state index >= 15 is 0 Å². The first-order chi connectivity index (χ1) is 5.57. The van der Waals surface area contributed by atoms with Gasteiger partial charge in [0.25, 0.3) is 6.17 Å². The van der Waals surface area contributed by atoms with Gasteiger partial charge in [-0.15, -0.1) is 0 Å². The molecule has 0 unspecified atom stereocenters. The van der Waals surface area contributed by atoms with E-state index < -0.39 is 25.1 Å². The van der Waals surface area contributed by atoms with E-state index in [0.717, 1.165) is 0 Å². The maximum Gasteiger partial charge on any atom is 0.428 e. The highest BCUT2D eigenvalue weighted by molar-refractivity contribution is 4.75. The van der Waals surface area contributed by atoms with E-state index in [-0.39, 0.29) is 0 Å². The van der Waals surface area contributed by atoms with Crippen LogP contribution in [0.3, 0.4) is 0 Å². The number of halogens is 8. The van der Waals surface area contributed by atoms with Crippen LogP contribution in [0.4, 0.5) is 35.1 Å². The molecule has 0 amide bonds. The lowest BCUT2D eigenvalue weighted by Gasteiger charge is -2.21. The lowest BCUT2D eigenvalue weighted by atomic mass is 10.3. The molecule has 0 spiro atoms. The van der Waals surface area contributed by atoms with Crippen LogP contribution >= 0.6 is 0 Å². The van der Waals surface area contributed by atoms with Crippen molar-refractivity contribution in [3.63, 3.8) is 0 Å². The van der Waals surface area contributed by atoms with E-state index in [4.69, 9.17) is 0 Å². The molecule has 1 nitrogen and oxygen atoms in total. The Labute approximate surface area is 66.3 Å². The Morgan fingerprint density at radius 1 is 0.846 bits per heavy atom. The zero-order valence-corrected chi connectivity index (χ0v) is 5.59. The molecule has 0 radical (unpaired) electrons. The van der Waals surface area contributed by atoms with E-state index in [1.807, 2.05) is 0 Å². The van der Waals surface area contributed by atoms with E-state index in [9.17, 15) is 35.1 Å². The molecule has 1 atom stereocenters. The Morgan fingerprint density at radius 3 is 1.46 bits per heavy atom. The number of hydrogen-bond donors (Lipinski definition) is 0. The lowest BCUT2D eigenvalue weighted by molar-refractivity contribution is -0.378. The third-order valence-corrected chi connectivity index (χ3v) is 0.829. The number of alkyl halides is 8. The summed E-state index contributed by atoms with van der Waals surface area (Å²) in [6.45, 7) is -4.18. The highest BCUT2D eigenvalue weighted by atomic mass is 19.4. The van der Waals surface area contributed by atoms with Crippen LogP contribution in [0, 0.1) is 0 Å². The Balaban J connectivity index is 4.45. The topological polar surface area (TPSA) is 9.23 Å². The molecule has 9 heteroatoms. The summed E-state index contributed by atoms with van der Waals surface area (Å²) in [6, 6.07) is 0. The normalized spacial score (nSPS) is 16.4. The van der Waals surface area contributed by atoms with Gasteiger partial charge in [0.1, 0.15) is 0 Å². The van der Waals surface area contributed by atoms with Crippen molar-refractivity contribution < 1.29 is 39.9 Å². The third kappa shape index (κ3) is 3.75. The summed E-state index contributed by atoms with van der Waals surface area (Å²) in [4.78, 5) is 0. The van der Waals surface area contributed by atoms with Crippen molar-refractivity contribution in [3.05, 3.63) is 0 Å². The predicted molar refractivity (Wildman–Crippen MR) is 23.0 cm³/mol. The zero-order valence-electron chi connectivity index (χ0n) is 5.59. The largest absolute Gasteiger partial charge is 0.428 e. The third-order valence-electron chi connectivity index (χ3n) is 0.829. The highest BCUT2D eigenvalue weighted by Gasteiger charge is 2.59. The first-order valence-electron chi connectivity index (χ1n) is 2.62. The van der Waals surface area contributed by atoms with Gasteiger partial charge in [-0.3, -0.25) is 4.74 Å². The molecular weight excluding hydrogens is 216 g/mol. The maximum absolute atomic E-state index is 11.8. The SMILES string of the molecule is FC(F)OC(F)(F)[C@@H](F)C(F)(F)F. The van der Waals surface area contributed by atoms with Gasteiger partial charge in [-0.1, -0.05) is 0 Å². The molecule has 0 aliphatic rings. The van der Waals surface area contributed by atoms with Crippen LogP contribution in [0.5, 0.6) is 0 Å². The molecule has 0 bridgehead atoms. The monoisotopic (exact) mass is 218 g/mol. The lowest BCUT2D eigenvalue weighted by Crippen LogP contribution is -2.44. The first-order valence-corrected chi connectivity index (χ1v) is 2.62. The summed E-state index contributed by atoms with van der Waals surface area (Å²) in [7, 11) is 0. The molecule has 0 saturated heterocycles. The Kier molecular flexibility index (Phi) is 3.47. The van der Waals surface area contributed by atoms with E-state index in [2.05, 4.69) is 4.74 Å². The number of ether oxygens (including phenoxy) is 1. The quantitative estimate of drug-likeness (QED) is 0.661. The molecule has 0 aromatic heterocycles. The van der Waals surface area contributed by atoms with Crippen molar-refractivity contribution in [1.82, 2.24) is 0 Å². The molecular formula is C4H2F8O. The molecule has 80 valence electrons. The second-order valence-corrected chi connectivity index (χ2v) is 1.84. The van der Waals surface area contributed by atoms with Crippen LogP contribution in [-0.4, -0.2) is 25.1 Å². The van der Waals surface area contributed by atoms with Crippen LogP contribution < -0.4 is 0 Å². The average molecular weight is 218 g/mol. The minimum absolute atomic E-state index is 2.16. The van der Waals surface area contributed by atoms with Crippen LogP contribution in [-0.2, 0) is 4.74 Å². The van der Waals surface area contributed by atoms with Gasteiger partial charge in [-0.05, 0) is 0 Å². The Hall–Kier alpha value is -0.600. The second-order valence-electron chi connectivity index (χ2n) is 1.84. The van der Waals surface area contributed by atoms with Crippen molar-refractivity contribution in [2.24, 2.45) is 0 Å². The minimum Gasteiger partial charge on any atom is -0.255 e. The van der Waals surface area contributed by atoms with Crippen LogP contribution in [0.25, 0.3) is 0 Å². The second kappa shape index (κ2) is 3.64. The fourth-order valence-corrected chi connectivity index (χ4v) is 0.369. The Bertz CT molecular complexity index is 162. The van der Waals surface area contributed by atoms with Gasteiger partial charge in [-0.25, -0.2) is 4.39 Å². The van der Waals surface area contributed by atoms with Crippen LogP contribution in [0.15, 0.2) is 0 Å². The summed E-state index contributed by atoms with van der Waals surface area (Å²) >= 11 is 0. The Morgan fingerprint density at radius 2 is 1.23 bits per heavy atom. The van der Waals surface area contributed by atoms with Crippen molar-refractivity contribution in [2.45, 2.75) is 25.1 Å². The molecule has 0 aliphatic heterocycles. The predicted octanol–water partition coefficient (Wildman–Crippen LogP) is 2.72. The van der Waals surface area contributed by atoms with Crippen molar-refractivity contribution in [3.8, 4) is 0 Å². The van der Waals surface area contributed by atoms with Gasteiger partial charge < -0.3 is 0 Å². The molecule has 0 fully saturated rings. The standard InChI is InChI=1S/C4H2F8O/c5-1(3(8,9)10)4(11,12)13-2(6)7/h1-2H/t1-/m0/s1. The summed E-state index contributed by atoms with van der Waals surface area (Å²) < 4.78 is 93.1. The fraction of sp³-hybridized carbons (Fsp3) is 1.00. The van der Waals surface area contributed by atoms with Gasteiger partial charge in [0.2, 0.25) is 0 Å². The molecule has 0 aromatic carbocycles. The number of hydrogen-bond acceptors (Lipinski definition) is 1. The molecule has 13 heavy (non-hydrogen) atoms. The molecule has 0 heterocycles. The fourth-order valence-electron chi connectivity index (χ4n) is 0.369. The molecule has 0 aromatic rings. The highest BCUT2D eigenvalue weighted by Crippen LogP contribution is 2.36. The van der Waals surface area contributed by atoms with Gasteiger partial charge in [-0.2, -0.15) is 30.7 Å². The smallest absolute Gasteiger partial charge is 0.255 e. The summed E-state index contributed by atoms with van der Waals surface area (Å²) in [5.74, 6) is 0. The molecule has 0 N–H and O–H groups in total. The van der Waals surface area contributed by atoms with Gasteiger partial charge in [0, 0.05) is 0 Å². The van der Waals surface area contributed by atoms with Gasteiger partial charge in [0.05, 0.1) is 0 Å². The number of rotatable bonds is 3. The molecule has 0 saturated carbocycles. The van der Waals surface area contributed by atoms with Crippen molar-refractivity contribution in [2.75, 3.05) is 0 Å². The van der Waals surface area contributed by atoms with Gasteiger partial charge in [0.15, 0.2) is 0 Å². The van der Waals surface area contributed by atoms with Crippen molar-refractivity contribution >= 4 is 0 Å². The summed E-state index contributed by atoms with van der Waals surface area (Å²) in [5.41, 5.74) is 0. The molecule has 0 aliphatic carbocycles. The first kappa shape index (κ1) is 12.4. The van der Waals surface area contributed by atoms with Crippen LogP contribution in [0.1, 0.15) is 0 Å². The van der Waals surface area contributed by atoms with E-state index in [0.29, 0.717) is 0 Å². The summed E-state index contributed by atoms with van der Waals surface area (Å²) in [5, 5.41) is 0. The summed E-state index contributed by atoms with van der Waals surface area (Å²) in [6.07, 6.45) is -16.3. The van der Waals surface area contributed by atoms with Gasteiger partial charge >= 0.3 is 18.9 Å². The maximum atomic E-state index is 11.8. The zero-order chi connectivity index (χ0) is 10.9. The average Bonchev–Trinajstić information content (AvgIpc) is 1.80. The van der Waals surface area contributed by atoms with E-state index in [1.54, 1.807) is 0 Å². The van der Waals surface area contributed by atoms with Crippen molar-refractivity contribution in [1.29, 1.82) is 0 Å².